The van der Waals surface area contributed by atoms with E-state index in [0.717, 1.165) is 0 Å². The first-order chi connectivity index (χ1) is 9.41. The van der Waals surface area contributed by atoms with Crippen molar-refractivity contribution in [3.8, 4) is 0 Å². The van der Waals surface area contributed by atoms with Gasteiger partial charge in [0, 0.05) is 6.20 Å². The first-order valence-corrected chi connectivity index (χ1v) is 5.46. The van der Waals surface area contributed by atoms with Crippen molar-refractivity contribution in [1.82, 2.24) is 14.5 Å². The summed E-state index contributed by atoms with van der Waals surface area (Å²) in [6.45, 7) is 0. The lowest BCUT2D eigenvalue weighted by molar-refractivity contribution is -0.147. The topological polar surface area (TPSA) is 142 Å². The first-order valence-electron chi connectivity index (χ1n) is 5.46. The summed E-state index contributed by atoms with van der Waals surface area (Å²) in [6, 6.07) is 1.13. The third-order valence-corrected chi connectivity index (χ3v) is 2.65. The van der Waals surface area contributed by atoms with Crippen molar-refractivity contribution in [2.75, 3.05) is 0 Å². The predicted molar refractivity (Wildman–Crippen MR) is 65.5 cm³/mol. The van der Waals surface area contributed by atoms with Crippen LogP contribution in [0.25, 0.3) is 11.0 Å². The number of rotatable bonds is 4. The maximum Gasteiger partial charge on any atom is 0.329 e. The number of H-pyrrole nitrogens is 1. The van der Waals surface area contributed by atoms with Crippen LogP contribution in [0, 0.1) is 0 Å². The van der Waals surface area contributed by atoms with E-state index in [9.17, 15) is 19.2 Å². The summed E-state index contributed by atoms with van der Waals surface area (Å²) in [6.07, 6.45) is 0.413. The molecule has 0 amide bonds. The molecule has 0 bridgehead atoms. The molecule has 1 atom stereocenters. The van der Waals surface area contributed by atoms with Crippen LogP contribution in [0.15, 0.2) is 27.9 Å². The molecule has 0 spiro atoms. The Balaban J connectivity index is 2.75. The zero-order valence-corrected chi connectivity index (χ0v) is 9.94. The van der Waals surface area contributed by atoms with Crippen LogP contribution >= 0.6 is 0 Å². The average molecular weight is 279 g/mol. The Morgan fingerprint density at radius 1 is 1.35 bits per heavy atom. The van der Waals surface area contributed by atoms with Crippen molar-refractivity contribution < 1.29 is 19.8 Å². The minimum atomic E-state index is -1.80. The first kappa shape index (κ1) is 13.5. The highest BCUT2D eigenvalue weighted by Gasteiger charge is 2.27. The smallest absolute Gasteiger partial charge is 0.329 e. The molecule has 2 rings (SSSR count). The number of hydrogen-bond donors (Lipinski definition) is 3. The molecule has 9 heteroatoms. The van der Waals surface area contributed by atoms with Gasteiger partial charge in [0.2, 0.25) is 0 Å². The standard InChI is InChI=1S/C11H9N3O6/c15-7(16)4-6(10(18)19)14-9(17)8-5(13-11(14)20)2-1-3-12-8/h1-3,6H,4H2,(H,13,20)(H,15,16)(H,18,19)/t6-/m0/s1. The summed E-state index contributed by atoms with van der Waals surface area (Å²) >= 11 is 0. The molecule has 0 aliphatic heterocycles. The number of nitrogens with one attached hydrogen (secondary N) is 1. The van der Waals surface area contributed by atoms with Gasteiger partial charge in [0.15, 0.2) is 5.52 Å². The average Bonchev–Trinajstić information content (AvgIpc) is 2.37. The van der Waals surface area contributed by atoms with Crippen molar-refractivity contribution in [2.45, 2.75) is 12.5 Å². The lowest BCUT2D eigenvalue weighted by Crippen LogP contribution is -2.42. The van der Waals surface area contributed by atoms with Crippen LogP contribution in [0.5, 0.6) is 0 Å². The second-order valence-electron chi connectivity index (χ2n) is 3.96. The summed E-state index contributed by atoms with van der Waals surface area (Å²) < 4.78 is 0.353. The molecule has 0 aliphatic rings. The highest BCUT2D eigenvalue weighted by atomic mass is 16.4. The number of aromatic nitrogens is 3. The number of carboxylic acid groups (broad SMARTS) is 2. The van der Waals surface area contributed by atoms with Gasteiger partial charge in [-0.1, -0.05) is 0 Å². The van der Waals surface area contributed by atoms with Crippen LogP contribution in [-0.2, 0) is 9.59 Å². The van der Waals surface area contributed by atoms with Gasteiger partial charge in [-0.15, -0.1) is 0 Å². The molecule has 0 unspecified atom stereocenters. The van der Waals surface area contributed by atoms with Crippen LogP contribution in [0.1, 0.15) is 12.5 Å². The Morgan fingerprint density at radius 2 is 2.05 bits per heavy atom. The number of pyridine rings is 1. The van der Waals surface area contributed by atoms with Gasteiger partial charge in [0.25, 0.3) is 5.56 Å². The summed E-state index contributed by atoms with van der Waals surface area (Å²) in [4.78, 5) is 51.7. The van der Waals surface area contributed by atoms with Gasteiger partial charge in [-0.2, -0.15) is 0 Å². The maximum absolute atomic E-state index is 12.1. The fourth-order valence-electron chi connectivity index (χ4n) is 1.80. The van der Waals surface area contributed by atoms with E-state index in [1.165, 1.54) is 18.3 Å². The van der Waals surface area contributed by atoms with Crippen molar-refractivity contribution in [3.05, 3.63) is 39.2 Å². The largest absolute Gasteiger partial charge is 0.481 e. The van der Waals surface area contributed by atoms with E-state index < -0.39 is 35.7 Å². The molecule has 0 saturated heterocycles. The van der Waals surface area contributed by atoms with E-state index in [0.29, 0.717) is 4.57 Å². The number of aliphatic carboxylic acids is 2. The van der Waals surface area contributed by atoms with Crippen molar-refractivity contribution >= 4 is 23.0 Å². The van der Waals surface area contributed by atoms with Crippen LogP contribution < -0.4 is 11.2 Å². The van der Waals surface area contributed by atoms with E-state index in [-0.39, 0.29) is 11.0 Å². The Labute approximate surface area is 110 Å². The van der Waals surface area contributed by atoms with Gasteiger partial charge in [0.1, 0.15) is 6.04 Å². The third-order valence-electron chi connectivity index (χ3n) is 2.65. The van der Waals surface area contributed by atoms with Crippen LogP contribution in [0.3, 0.4) is 0 Å². The fourth-order valence-corrected chi connectivity index (χ4v) is 1.80. The lowest BCUT2D eigenvalue weighted by Gasteiger charge is -2.12. The molecular weight excluding hydrogens is 270 g/mol. The molecule has 2 aromatic rings. The number of aromatic amines is 1. The molecule has 9 nitrogen and oxygen atoms in total. The zero-order valence-electron chi connectivity index (χ0n) is 9.94. The summed E-state index contributed by atoms with van der Waals surface area (Å²) in [7, 11) is 0. The van der Waals surface area contributed by atoms with E-state index >= 15 is 0 Å². The normalized spacial score (nSPS) is 12.2. The number of carboxylic acids is 2. The van der Waals surface area contributed by atoms with Crippen LogP contribution in [-0.4, -0.2) is 36.7 Å². The molecular formula is C11H9N3O6. The molecule has 2 aromatic heterocycles. The Morgan fingerprint density at radius 3 is 2.65 bits per heavy atom. The van der Waals surface area contributed by atoms with Crippen molar-refractivity contribution in [2.24, 2.45) is 0 Å². The SMILES string of the molecule is O=C(O)C[C@@H](C(=O)O)n1c(=O)[nH]c2cccnc2c1=O. The van der Waals surface area contributed by atoms with Gasteiger partial charge in [-0.25, -0.2) is 19.1 Å². The zero-order chi connectivity index (χ0) is 14.9. The molecule has 0 saturated carbocycles. The quantitative estimate of drug-likeness (QED) is 0.663. The van der Waals surface area contributed by atoms with Gasteiger partial charge < -0.3 is 15.2 Å². The molecule has 20 heavy (non-hydrogen) atoms. The Bertz CT molecular complexity index is 806. The number of hydrogen-bond acceptors (Lipinski definition) is 5. The van der Waals surface area contributed by atoms with Crippen molar-refractivity contribution in [3.63, 3.8) is 0 Å². The summed E-state index contributed by atoms with van der Waals surface area (Å²) in [5.74, 6) is -3.03. The number of carbonyl (C=O) groups is 2. The van der Waals surface area contributed by atoms with E-state index in [1.54, 1.807) is 0 Å². The highest BCUT2D eigenvalue weighted by molar-refractivity contribution is 5.80. The van der Waals surface area contributed by atoms with E-state index in [1.807, 2.05) is 0 Å². The minimum Gasteiger partial charge on any atom is -0.481 e. The molecule has 0 fully saturated rings. The predicted octanol–water partition coefficient (Wildman–Crippen LogP) is -0.815. The molecule has 0 radical (unpaired) electrons. The van der Waals surface area contributed by atoms with Crippen molar-refractivity contribution in [1.29, 1.82) is 0 Å². The van der Waals surface area contributed by atoms with Gasteiger partial charge in [-0.05, 0) is 12.1 Å². The second-order valence-corrected chi connectivity index (χ2v) is 3.96. The van der Waals surface area contributed by atoms with Gasteiger partial charge in [0.05, 0.1) is 11.9 Å². The van der Waals surface area contributed by atoms with Gasteiger partial charge in [-0.3, -0.25) is 9.59 Å². The minimum absolute atomic E-state index is 0.135. The van der Waals surface area contributed by atoms with Gasteiger partial charge >= 0.3 is 17.6 Å². The highest BCUT2D eigenvalue weighted by Crippen LogP contribution is 2.08. The third kappa shape index (κ3) is 2.28. The number of nitrogens with zero attached hydrogens (tertiary/aromatic N) is 2. The fraction of sp³-hybridized carbons (Fsp3) is 0.182. The monoisotopic (exact) mass is 279 g/mol. The number of fused-ring (bicyclic) bond motifs is 1. The molecule has 2 heterocycles. The Kier molecular flexibility index (Phi) is 3.34. The molecule has 0 aliphatic carbocycles. The Hall–Kier alpha value is -2.97. The van der Waals surface area contributed by atoms with Crippen LogP contribution in [0.4, 0.5) is 0 Å². The maximum atomic E-state index is 12.1. The van der Waals surface area contributed by atoms with E-state index in [2.05, 4.69) is 9.97 Å². The van der Waals surface area contributed by atoms with E-state index in [4.69, 9.17) is 10.2 Å². The second kappa shape index (κ2) is 4.96. The lowest BCUT2D eigenvalue weighted by atomic mass is 10.2. The summed E-state index contributed by atoms with van der Waals surface area (Å²) in [5, 5.41) is 17.7. The van der Waals surface area contributed by atoms with Crippen LogP contribution in [0.2, 0.25) is 0 Å². The molecule has 3 N–H and O–H groups in total. The molecule has 0 aromatic carbocycles. The summed E-state index contributed by atoms with van der Waals surface area (Å²) in [5.41, 5.74) is -1.93. The molecule has 104 valence electrons.